The van der Waals surface area contributed by atoms with Gasteiger partial charge in [0, 0.05) is 34.8 Å². The van der Waals surface area contributed by atoms with Crippen molar-refractivity contribution in [2.24, 2.45) is 0 Å². The summed E-state index contributed by atoms with van der Waals surface area (Å²) in [7, 11) is 1.63. The van der Waals surface area contributed by atoms with Gasteiger partial charge in [-0.05, 0) is 28.1 Å². The summed E-state index contributed by atoms with van der Waals surface area (Å²) < 4.78 is 8.80. The summed E-state index contributed by atoms with van der Waals surface area (Å²) in [6.07, 6.45) is 5.46. The number of hydrogen-bond acceptors (Lipinski definition) is 4. The summed E-state index contributed by atoms with van der Waals surface area (Å²) in [6.45, 7) is 0. The zero-order valence-electron chi connectivity index (χ0n) is 10.5. The molecule has 3 aromatic rings. The van der Waals surface area contributed by atoms with Crippen LogP contribution in [-0.2, 0) is 0 Å². The van der Waals surface area contributed by atoms with E-state index in [4.69, 9.17) is 4.74 Å². The van der Waals surface area contributed by atoms with E-state index in [1.54, 1.807) is 13.3 Å². The Kier molecular flexibility index (Phi) is 3.62. The number of nitrogens with zero attached hydrogens (tertiary/aromatic N) is 3. The van der Waals surface area contributed by atoms with Crippen LogP contribution in [0.4, 0.5) is 11.5 Å². The van der Waals surface area contributed by atoms with E-state index in [9.17, 15) is 0 Å². The largest absolute Gasteiger partial charge is 0.497 e. The first-order chi connectivity index (χ1) is 9.65. The van der Waals surface area contributed by atoms with Crippen molar-refractivity contribution < 1.29 is 4.74 Å². The van der Waals surface area contributed by atoms with Gasteiger partial charge in [0.15, 0.2) is 11.5 Å². The van der Waals surface area contributed by atoms with Crippen molar-refractivity contribution in [2.45, 2.75) is 0 Å². The lowest BCUT2D eigenvalue weighted by molar-refractivity contribution is 0.415. The van der Waals surface area contributed by atoms with Crippen molar-refractivity contribution in [1.82, 2.24) is 14.4 Å². The van der Waals surface area contributed by atoms with Crippen molar-refractivity contribution in [3.63, 3.8) is 0 Å². The molecule has 7 heteroatoms. The number of anilines is 2. The highest BCUT2D eigenvalue weighted by Crippen LogP contribution is 2.28. The smallest absolute Gasteiger partial charge is 0.180 e. The molecule has 0 bridgehead atoms. The van der Waals surface area contributed by atoms with Crippen molar-refractivity contribution in [1.29, 1.82) is 0 Å². The number of fused-ring (bicyclic) bond motifs is 1. The summed E-state index contributed by atoms with van der Waals surface area (Å²) >= 11 is 6.84. The summed E-state index contributed by atoms with van der Waals surface area (Å²) in [4.78, 5) is 8.72. The van der Waals surface area contributed by atoms with E-state index in [0.29, 0.717) is 5.82 Å². The number of methoxy groups -OCH3 is 1. The average Bonchev–Trinajstić information content (AvgIpc) is 2.86. The molecule has 0 radical (unpaired) electrons. The summed E-state index contributed by atoms with van der Waals surface area (Å²) in [5.74, 6) is 1.43. The molecule has 2 heterocycles. The Bertz CT molecular complexity index is 772. The molecule has 0 aliphatic heterocycles. The topological polar surface area (TPSA) is 51.5 Å². The van der Waals surface area contributed by atoms with E-state index in [0.717, 1.165) is 26.2 Å². The number of imidazole rings is 1. The van der Waals surface area contributed by atoms with Crippen LogP contribution in [0.15, 0.2) is 45.9 Å². The molecule has 0 unspecified atom stereocenters. The molecular weight excluding hydrogens is 388 g/mol. The highest BCUT2D eigenvalue weighted by Gasteiger charge is 2.08. The quantitative estimate of drug-likeness (QED) is 0.725. The molecule has 102 valence electrons. The van der Waals surface area contributed by atoms with Gasteiger partial charge in [0.25, 0.3) is 0 Å². The minimum Gasteiger partial charge on any atom is -0.497 e. The molecule has 0 saturated heterocycles. The van der Waals surface area contributed by atoms with Gasteiger partial charge >= 0.3 is 0 Å². The first-order valence-electron chi connectivity index (χ1n) is 5.76. The van der Waals surface area contributed by atoms with Crippen molar-refractivity contribution in [3.05, 3.63) is 45.9 Å². The third-order valence-corrected chi connectivity index (χ3v) is 3.55. The lowest BCUT2D eigenvalue weighted by Crippen LogP contribution is -1.99. The van der Waals surface area contributed by atoms with Gasteiger partial charge < -0.3 is 14.5 Å². The molecule has 0 spiro atoms. The number of halogens is 2. The predicted molar refractivity (Wildman–Crippen MR) is 84.7 cm³/mol. The van der Waals surface area contributed by atoms with Crippen LogP contribution in [0.25, 0.3) is 5.65 Å². The van der Waals surface area contributed by atoms with E-state index in [1.807, 2.05) is 35.0 Å². The lowest BCUT2D eigenvalue weighted by Gasteiger charge is -2.10. The Hall–Kier alpha value is -1.60. The second kappa shape index (κ2) is 5.41. The van der Waals surface area contributed by atoms with Gasteiger partial charge in [0.2, 0.25) is 0 Å². The third-order valence-electron chi connectivity index (χ3n) is 2.71. The SMILES string of the molecule is COc1cc(Br)cc(Nc2nc(Br)cn3ccnc23)c1. The molecular formula is C13H10Br2N4O. The summed E-state index contributed by atoms with van der Waals surface area (Å²) in [5.41, 5.74) is 1.62. The molecule has 0 fully saturated rings. The van der Waals surface area contributed by atoms with E-state index >= 15 is 0 Å². The van der Waals surface area contributed by atoms with Crippen LogP contribution in [0.5, 0.6) is 5.75 Å². The van der Waals surface area contributed by atoms with Crippen LogP contribution < -0.4 is 10.1 Å². The maximum atomic E-state index is 5.25. The second-order valence-corrected chi connectivity index (χ2v) is 5.80. The van der Waals surface area contributed by atoms with E-state index in [1.165, 1.54) is 0 Å². The minimum atomic E-state index is 0.671. The van der Waals surface area contributed by atoms with Gasteiger partial charge in [-0.15, -0.1) is 0 Å². The van der Waals surface area contributed by atoms with E-state index in [2.05, 4.69) is 47.1 Å². The molecule has 0 aliphatic carbocycles. The molecule has 1 N–H and O–H groups in total. The Morgan fingerprint density at radius 3 is 2.90 bits per heavy atom. The molecule has 0 amide bonds. The highest BCUT2D eigenvalue weighted by atomic mass is 79.9. The van der Waals surface area contributed by atoms with Gasteiger partial charge in [-0.25, -0.2) is 9.97 Å². The molecule has 1 aromatic carbocycles. The van der Waals surface area contributed by atoms with Gasteiger partial charge in [-0.1, -0.05) is 15.9 Å². The molecule has 20 heavy (non-hydrogen) atoms. The highest BCUT2D eigenvalue weighted by molar-refractivity contribution is 9.10. The van der Waals surface area contributed by atoms with Crippen molar-refractivity contribution in [3.8, 4) is 5.75 Å². The third kappa shape index (κ3) is 2.64. The first kappa shape index (κ1) is 13.4. The second-order valence-electron chi connectivity index (χ2n) is 4.08. The van der Waals surface area contributed by atoms with Gasteiger partial charge in [-0.2, -0.15) is 0 Å². The molecule has 0 aliphatic rings. The van der Waals surface area contributed by atoms with Gasteiger partial charge in [0.05, 0.1) is 7.11 Å². The Labute approximate surface area is 132 Å². The van der Waals surface area contributed by atoms with Crippen LogP contribution in [0, 0.1) is 0 Å². The summed E-state index contributed by atoms with van der Waals surface area (Å²) in [5, 5.41) is 3.25. The number of benzene rings is 1. The van der Waals surface area contributed by atoms with Crippen LogP contribution in [0.3, 0.4) is 0 Å². The van der Waals surface area contributed by atoms with Gasteiger partial charge in [-0.3, -0.25) is 0 Å². The van der Waals surface area contributed by atoms with Crippen LogP contribution >= 0.6 is 31.9 Å². The monoisotopic (exact) mass is 396 g/mol. The Morgan fingerprint density at radius 1 is 1.25 bits per heavy atom. The fraction of sp³-hybridized carbons (Fsp3) is 0.0769. The number of aromatic nitrogens is 3. The van der Waals surface area contributed by atoms with Crippen LogP contribution in [0.1, 0.15) is 0 Å². The Balaban J connectivity index is 2.04. The number of nitrogens with one attached hydrogen (secondary N) is 1. The number of rotatable bonds is 3. The molecule has 0 atom stereocenters. The molecule has 2 aromatic heterocycles. The minimum absolute atomic E-state index is 0.671. The van der Waals surface area contributed by atoms with Crippen LogP contribution in [-0.4, -0.2) is 21.5 Å². The average molecular weight is 398 g/mol. The predicted octanol–water partition coefficient (Wildman–Crippen LogP) is 4.01. The molecule has 0 saturated carbocycles. The number of hydrogen-bond donors (Lipinski definition) is 1. The van der Waals surface area contributed by atoms with E-state index < -0.39 is 0 Å². The lowest BCUT2D eigenvalue weighted by atomic mass is 10.3. The zero-order chi connectivity index (χ0) is 14.1. The fourth-order valence-corrected chi connectivity index (χ4v) is 2.74. The van der Waals surface area contributed by atoms with Crippen molar-refractivity contribution >= 4 is 49.0 Å². The van der Waals surface area contributed by atoms with Crippen molar-refractivity contribution in [2.75, 3.05) is 12.4 Å². The summed E-state index contributed by atoms with van der Waals surface area (Å²) in [6, 6.07) is 5.74. The Morgan fingerprint density at radius 2 is 2.10 bits per heavy atom. The molecule has 3 rings (SSSR count). The van der Waals surface area contributed by atoms with Gasteiger partial charge in [0.1, 0.15) is 10.4 Å². The standard InChI is InChI=1S/C13H10Br2N4O/c1-20-10-5-8(14)4-9(6-10)17-12-13-16-2-3-19(13)7-11(15)18-12/h2-7H,1H3,(H,17,18). The maximum Gasteiger partial charge on any atom is 0.180 e. The first-order valence-corrected chi connectivity index (χ1v) is 7.35. The fourth-order valence-electron chi connectivity index (χ4n) is 1.87. The normalized spacial score (nSPS) is 10.8. The molecule has 5 nitrogen and oxygen atoms in total. The zero-order valence-corrected chi connectivity index (χ0v) is 13.6. The maximum absolute atomic E-state index is 5.25. The van der Waals surface area contributed by atoms with E-state index in [-0.39, 0.29) is 0 Å². The van der Waals surface area contributed by atoms with Crippen LogP contribution in [0.2, 0.25) is 0 Å². The number of ether oxygens (including phenoxy) is 1.